The number of hydrogen-bond acceptors (Lipinski definition) is 4. The summed E-state index contributed by atoms with van der Waals surface area (Å²) in [6.45, 7) is 2.07. The van der Waals surface area contributed by atoms with Crippen LogP contribution in [-0.4, -0.2) is 23.7 Å². The predicted octanol–water partition coefficient (Wildman–Crippen LogP) is 2.37. The maximum atomic E-state index is 12.2. The largest absolute Gasteiger partial charge is 0.397 e. The van der Waals surface area contributed by atoms with Gasteiger partial charge in [-0.3, -0.25) is 4.79 Å². The zero-order valence-corrected chi connectivity index (χ0v) is 11.7. The second-order valence-corrected chi connectivity index (χ2v) is 5.63. The molecule has 0 aliphatic rings. The molecule has 0 aliphatic heterocycles. The SMILES string of the molecule is CC(CCCO)NC(=O)c1sc2ccccc2c1N. The summed E-state index contributed by atoms with van der Waals surface area (Å²) in [5.74, 6) is -0.135. The Morgan fingerprint density at radius 1 is 1.47 bits per heavy atom. The number of nitrogens with one attached hydrogen (secondary N) is 1. The molecule has 0 fully saturated rings. The maximum absolute atomic E-state index is 12.2. The number of benzene rings is 1. The van der Waals surface area contributed by atoms with Crippen LogP contribution in [0.15, 0.2) is 24.3 Å². The molecule has 1 aromatic carbocycles. The number of nitrogen functional groups attached to an aromatic ring is 1. The van der Waals surface area contributed by atoms with E-state index >= 15 is 0 Å². The molecule has 1 heterocycles. The number of carbonyl (C=O) groups excluding carboxylic acids is 1. The van der Waals surface area contributed by atoms with Crippen LogP contribution in [0.5, 0.6) is 0 Å². The van der Waals surface area contributed by atoms with Crippen LogP contribution in [0.2, 0.25) is 0 Å². The lowest BCUT2D eigenvalue weighted by Gasteiger charge is -2.12. The van der Waals surface area contributed by atoms with Crippen molar-refractivity contribution in [3.8, 4) is 0 Å². The monoisotopic (exact) mass is 278 g/mol. The van der Waals surface area contributed by atoms with E-state index in [9.17, 15) is 4.79 Å². The molecule has 4 nitrogen and oxygen atoms in total. The second-order valence-electron chi connectivity index (χ2n) is 4.58. The number of anilines is 1. The Kier molecular flexibility index (Phi) is 4.39. The fourth-order valence-corrected chi connectivity index (χ4v) is 3.02. The minimum absolute atomic E-state index is 0.0317. The molecule has 0 spiro atoms. The molecule has 0 bridgehead atoms. The van der Waals surface area contributed by atoms with Crippen molar-refractivity contribution < 1.29 is 9.90 Å². The van der Waals surface area contributed by atoms with Crippen molar-refractivity contribution in [2.75, 3.05) is 12.3 Å². The molecule has 0 aliphatic carbocycles. The number of nitrogens with two attached hydrogens (primary N) is 1. The van der Waals surface area contributed by atoms with E-state index in [0.29, 0.717) is 17.0 Å². The molecule has 1 amide bonds. The highest BCUT2D eigenvalue weighted by Crippen LogP contribution is 2.33. The molecule has 1 unspecified atom stereocenters. The molecule has 1 atom stereocenters. The first-order chi connectivity index (χ1) is 9.13. The Hall–Kier alpha value is -1.59. The Labute approximate surface area is 116 Å². The van der Waals surface area contributed by atoms with E-state index in [4.69, 9.17) is 10.8 Å². The van der Waals surface area contributed by atoms with Gasteiger partial charge in [0, 0.05) is 22.7 Å². The molecule has 0 saturated carbocycles. The molecule has 1 aromatic heterocycles. The molecular formula is C14H18N2O2S. The van der Waals surface area contributed by atoms with E-state index in [2.05, 4.69) is 5.32 Å². The van der Waals surface area contributed by atoms with Gasteiger partial charge in [0.25, 0.3) is 5.91 Å². The van der Waals surface area contributed by atoms with Gasteiger partial charge in [0.2, 0.25) is 0 Å². The molecule has 19 heavy (non-hydrogen) atoms. The highest BCUT2D eigenvalue weighted by atomic mass is 32.1. The van der Waals surface area contributed by atoms with E-state index < -0.39 is 0 Å². The van der Waals surface area contributed by atoms with Gasteiger partial charge in [-0.1, -0.05) is 18.2 Å². The number of thiophene rings is 1. The van der Waals surface area contributed by atoms with Gasteiger partial charge in [0.15, 0.2) is 0 Å². The first kappa shape index (κ1) is 13.8. The number of aliphatic hydroxyl groups is 1. The summed E-state index contributed by atoms with van der Waals surface area (Å²) in [7, 11) is 0. The average molecular weight is 278 g/mol. The summed E-state index contributed by atoms with van der Waals surface area (Å²) in [4.78, 5) is 12.7. The molecule has 102 valence electrons. The molecule has 0 saturated heterocycles. The van der Waals surface area contributed by atoms with Gasteiger partial charge in [0.05, 0.1) is 5.69 Å². The molecule has 2 aromatic rings. The summed E-state index contributed by atoms with van der Waals surface area (Å²) < 4.78 is 1.02. The molecule has 0 radical (unpaired) electrons. The fraction of sp³-hybridized carbons (Fsp3) is 0.357. The van der Waals surface area contributed by atoms with Crippen LogP contribution in [0.1, 0.15) is 29.4 Å². The van der Waals surface area contributed by atoms with Crippen LogP contribution >= 0.6 is 11.3 Å². The summed E-state index contributed by atoms with van der Waals surface area (Å²) in [6, 6.07) is 7.76. The Bertz CT molecular complexity index is 580. The maximum Gasteiger partial charge on any atom is 0.263 e. The topological polar surface area (TPSA) is 75.3 Å². The van der Waals surface area contributed by atoms with E-state index in [1.54, 1.807) is 0 Å². The Balaban J connectivity index is 2.15. The zero-order valence-electron chi connectivity index (χ0n) is 10.8. The van der Waals surface area contributed by atoms with Gasteiger partial charge < -0.3 is 16.2 Å². The minimum Gasteiger partial charge on any atom is -0.397 e. The molecule has 2 rings (SSSR count). The van der Waals surface area contributed by atoms with E-state index in [1.165, 1.54) is 11.3 Å². The highest BCUT2D eigenvalue weighted by molar-refractivity contribution is 7.21. The van der Waals surface area contributed by atoms with Crippen LogP contribution in [0.25, 0.3) is 10.1 Å². The lowest BCUT2D eigenvalue weighted by Crippen LogP contribution is -2.32. The number of hydrogen-bond donors (Lipinski definition) is 3. The van der Waals surface area contributed by atoms with Gasteiger partial charge in [0.1, 0.15) is 4.88 Å². The van der Waals surface area contributed by atoms with Gasteiger partial charge in [-0.15, -0.1) is 11.3 Å². The van der Waals surface area contributed by atoms with Crippen LogP contribution in [0, 0.1) is 0 Å². The molecule has 5 heteroatoms. The quantitative estimate of drug-likeness (QED) is 0.786. The lowest BCUT2D eigenvalue weighted by atomic mass is 10.2. The summed E-state index contributed by atoms with van der Waals surface area (Å²) >= 11 is 1.41. The van der Waals surface area contributed by atoms with Crippen molar-refractivity contribution in [3.05, 3.63) is 29.1 Å². The van der Waals surface area contributed by atoms with Gasteiger partial charge in [-0.25, -0.2) is 0 Å². The third-order valence-corrected chi connectivity index (χ3v) is 4.20. The predicted molar refractivity (Wildman–Crippen MR) is 79.5 cm³/mol. The van der Waals surface area contributed by atoms with Gasteiger partial charge in [-0.05, 0) is 25.8 Å². The van der Waals surface area contributed by atoms with E-state index in [1.807, 2.05) is 31.2 Å². The first-order valence-corrected chi connectivity index (χ1v) is 7.14. The smallest absolute Gasteiger partial charge is 0.263 e. The highest BCUT2D eigenvalue weighted by Gasteiger charge is 2.17. The first-order valence-electron chi connectivity index (χ1n) is 6.32. The summed E-state index contributed by atoms with van der Waals surface area (Å²) in [6.07, 6.45) is 1.44. The van der Waals surface area contributed by atoms with Crippen LogP contribution < -0.4 is 11.1 Å². The summed E-state index contributed by atoms with van der Waals surface area (Å²) in [5, 5.41) is 12.6. The number of rotatable bonds is 5. The van der Waals surface area contributed by atoms with Crippen molar-refractivity contribution in [3.63, 3.8) is 0 Å². The number of fused-ring (bicyclic) bond motifs is 1. The number of aliphatic hydroxyl groups excluding tert-OH is 1. The Morgan fingerprint density at radius 3 is 2.89 bits per heavy atom. The summed E-state index contributed by atoms with van der Waals surface area (Å²) in [5.41, 5.74) is 6.57. The van der Waals surface area contributed by atoms with E-state index in [0.717, 1.165) is 16.5 Å². The van der Waals surface area contributed by atoms with Crippen LogP contribution in [0.3, 0.4) is 0 Å². The second kappa shape index (κ2) is 6.04. The van der Waals surface area contributed by atoms with Gasteiger partial charge >= 0.3 is 0 Å². The minimum atomic E-state index is -0.135. The normalized spacial score (nSPS) is 12.5. The fourth-order valence-electron chi connectivity index (χ4n) is 1.99. The van der Waals surface area contributed by atoms with Crippen LogP contribution in [0.4, 0.5) is 5.69 Å². The zero-order chi connectivity index (χ0) is 13.8. The third-order valence-electron chi connectivity index (χ3n) is 3.01. The molecular weight excluding hydrogens is 260 g/mol. The third kappa shape index (κ3) is 3.05. The number of amides is 1. The van der Waals surface area contributed by atoms with Gasteiger partial charge in [-0.2, -0.15) is 0 Å². The Morgan fingerprint density at radius 2 is 2.21 bits per heavy atom. The van der Waals surface area contributed by atoms with E-state index in [-0.39, 0.29) is 18.6 Å². The van der Waals surface area contributed by atoms with Crippen molar-refractivity contribution in [2.24, 2.45) is 0 Å². The number of carbonyl (C=O) groups is 1. The van der Waals surface area contributed by atoms with Crippen molar-refractivity contribution >= 4 is 33.0 Å². The van der Waals surface area contributed by atoms with Crippen molar-refractivity contribution in [2.45, 2.75) is 25.8 Å². The van der Waals surface area contributed by atoms with Crippen molar-refractivity contribution in [1.82, 2.24) is 5.32 Å². The van der Waals surface area contributed by atoms with Crippen molar-refractivity contribution in [1.29, 1.82) is 0 Å². The lowest BCUT2D eigenvalue weighted by molar-refractivity contribution is 0.0941. The molecule has 4 N–H and O–H groups in total. The van der Waals surface area contributed by atoms with Crippen LogP contribution in [-0.2, 0) is 0 Å². The average Bonchev–Trinajstić information content (AvgIpc) is 2.74. The standard InChI is InChI=1S/C14H18N2O2S/c1-9(5-4-8-17)16-14(18)13-12(15)10-6-2-3-7-11(10)19-13/h2-3,6-7,9,17H,4-5,8,15H2,1H3,(H,16,18).